The fourth-order valence-electron chi connectivity index (χ4n) is 1.94. The highest BCUT2D eigenvalue weighted by molar-refractivity contribution is 5.82. The summed E-state index contributed by atoms with van der Waals surface area (Å²) in [5.41, 5.74) is 12.0. The minimum atomic E-state index is -0.377. The summed E-state index contributed by atoms with van der Waals surface area (Å²) in [6.07, 6.45) is 1.53. The molecule has 6 N–H and O–H groups in total. The summed E-state index contributed by atoms with van der Waals surface area (Å²) in [6, 6.07) is 3.00. The zero-order chi connectivity index (χ0) is 14.3. The minimum absolute atomic E-state index is 0.00998. The summed E-state index contributed by atoms with van der Waals surface area (Å²) in [7, 11) is 0. The number of nitrogens with zero attached hydrogens (tertiary/aromatic N) is 3. The number of aromatic amines is 2. The third-order valence-electron chi connectivity index (χ3n) is 2.86. The van der Waals surface area contributed by atoms with Crippen LogP contribution in [0.2, 0.25) is 0 Å². The lowest BCUT2D eigenvalue weighted by Crippen LogP contribution is -2.18. The number of nitrogens with one attached hydrogen (secondary N) is 2. The molecule has 0 spiro atoms. The Hall–Kier alpha value is -3.10. The highest BCUT2D eigenvalue weighted by atomic mass is 16.1. The van der Waals surface area contributed by atoms with Gasteiger partial charge in [0.05, 0.1) is 6.54 Å². The van der Waals surface area contributed by atoms with Crippen molar-refractivity contribution < 1.29 is 0 Å². The predicted octanol–water partition coefficient (Wildman–Crippen LogP) is -0.979. The van der Waals surface area contributed by atoms with Crippen LogP contribution in [0, 0.1) is 0 Å². The van der Waals surface area contributed by atoms with Crippen LogP contribution in [0.4, 0.5) is 11.8 Å². The summed E-state index contributed by atoms with van der Waals surface area (Å²) in [6.45, 7) is 0.228. The molecule has 0 unspecified atom stereocenters. The van der Waals surface area contributed by atoms with E-state index in [2.05, 4.69) is 19.9 Å². The van der Waals surface area contributed by atoms with E-state index < -0.39 is 0 Å². The van der Waals surface area contributed by atoms with E-state index in [1.165, 1.54) is 16.8 Å². The molecule has 102 valence electrons. The van der Waals surface area contributed by atoms with Gasteiger partial charge in [-0.1, -0.05) is 6.07 Å². The molecule has 3 aromatic rings. The summed E-state index contributed by atoms with van der Waals surface area (Å²) in [5.74, 6) is 0.106. The molecule has 9 nitrogen and oxygen atoms in total. The first-order valence-electron chi connectivity index (χ1n) is 5.74. The van der Waals surface area contributed by atoms with Crippen LogP contribution in [0.1, 0.15) is 5.56 Å². The Morgan fingerprint density at radius 3 is 2.70 bits per heavy atom. The summed E-state index contributed by atoms with van der Waals surface area (Å²) >= 11 is 0. The molecule has 20 heavy (non-hydrogen) atoms. The fraction of sp³-hybridized carbons (Fsp3) is 0.0909. The van der Waals surface area contributed by atoms with E-state index in [-0.39, 0.29) is 29.6 Å². The first-order chi connectivity index (χ1) is 9.54. The van der Waals surface area contributed by atoms with Crippen LogP contribution in [0.15, 0.2) is 27.9 Å². The Labute approximate surface area is 111 Å². The van der Waals surface area contributed by atoms with E-state index in [1.807, 2.05) is 0 Å². The molecule has 0 amide bonds. The average Bonchev–Trinajstić information content (AvgIpc) is 2.70. The molecule has 0 bridgehead atoms. The van der Waals surface area contributed by atoms with Crippen LogP contribution in [0.5, 0.6) is 0 Å². The van der Waals surface area contributed by atoms with Gasteiger partial charge >= 0.3 is 5.69 Å². The van der Waals surface area contributed by atoms with Gasteiger partial charge in [-0.05, 0) is 5.56 Å². The van der Waals surface area contributed by atoms with Crippen molar-refractivity contribution in [3.05, 3.63) is 44.7 Å². The van der Waals surface area contributed by atoms with E-state index in [4.69, 9.17) is 11.5 Å². The predicted molar refractivity (Wildman–Crippen MR) is 73.1 cm³/mol. The van der Waals surface area contributed by atoms with Crippen molar-refractivity contribution in [1.29, 1.82) is 0 Å². The van der Waals surface area contributed by atoms with Crippen LogP contribution in [-0.4, -0.2) is 24.5 Å². The number of aromatic nitrogens is 5. The van der Waals surface area contributed by atoms with Gasteiger partial charge in [-0.3, -0.25) is 9.36 Å². The molecule has 0 saturated carbocycles. The van der Waals surface area contributed by atoms with E-state index in [1.54, 1.807) is 6.07 Å². The molecule has 0 fully saturated rings. The van der Waals surface area contributed by atoms with Gasteiger partial charge in [-0.2, -0.15) is 9.97 Å². The first-order valence-corrected chi connectivity index (χ1v) is 5.74. The average molecular weight is 273 g/mol. The van der Waals surface area contributed by atoms with Crippen molar-refractivity contribution >= 4 is 22.9 Å². The number of H-pyrrole nitrogens is 2. The molecule has 0 atom stereocenters. The smallest absolute Gasteiger partial charge is 0.328 e. The van der Waals surface area contributed by atoms with Crippen molar-refractivity contribution in [3.8, 4) is 0 Å². The lowest BCUT2D eigenvalue weighted by Gasteiger charge is -2.03. The second-order valence-corrected chi connectivity index (χ2v) is 4.24. The molecular weight excluding hydrogens is 262 g/mol. The molecule has 3 rings (SSSR count). The largest absolute Gasteiger partial charge is 0.382 e. The van der Waals surface area contributed by atoms with E-state index in [0.717, 1.165) is 5.56 Å². The first kappa shape index (κ1) is 12.0. The molecule has 0 aliphatic carbocycles. The highest BCUT2D eigenvalue weighted by Crippen LogP contribution is 2.15. The third-order valence-corrected chi connectivity index (χ3v) is 2.86. The number of anilines is 2. The van der Waals surface area contributed by atoms with Gasteiger partial charge in [0.15, 0.2) is 11.5 Å². The Balaban J connectivity index is 2.16. The van der Waals surface area contributed by atoms with Crippen molar-refractivity contribution in [2.24, 2.45) is 0 Å². The summed E-state index contributed by atoms with van der Waals surface area (Å²) in [4.78, 5) is 35.9. The van der Waals surface area contributed by atoms with Crippen molar-refractivity contribution in [3.63, 3.8) is 0 Å². The Bertz CT molecular complexity index is 885. The standard InChI is InChI=1S/C11H11N7O2/c12-8-7-9(17-10(13)16-8)18(11(20)15-7)4-5-1-2-6(19)14-3-5/h1-3H,4H2,(H,14,19)(H,15,20)(H4,12,13,16,17). The third kappa shape index (κ3) is 1.90. The monoisotopic (exact) mass is 273 g/mol. The van der Waals surface area contributed by atoms with E-state index in [0.29, 0.717) is 11.2 Å². The summed E-state index contributed by atoms with van der Waals surface area (Å²) in [5, 5.41) is 0. The lowest BCUT2D eigenvalue weighted by molar-refractivity contribution is 0.773. The normalized spacial score (nSPS) is 11.0. The Kier molecular flexibility index (Phi) is 2.53. The van der Waals surface area contributed by atoms with Crippen LogP contribution in [0.3, 0.4) is 0 Å². The molecule has 0 aromatic carbocycles. The van der Waals surface area contributed by atoms with Gasteiger partial charge in [0, 0.05) is 12.3 Å². The van der Waals surface area contributed by atoms with Crippen LogP contribution < -0.4 is 22.7 Å². The molecular formula is C11H11N7O2. The number of pyridine rings is 1. The number of hydrogen-bond acceptors (Lipinski definition) is 6. The van der Waals surface area contributed by atoms with Crippen LogP contribution in [-0.2, 0) is 6.54 Å². The van der Waals surface area contributed by atoms with Gasteiger partial charge in [0.25, 0.3) is 0 Å². The lowest BCUT2D eigenvalue weighted by atomic mass is 10.3. The SMILES string of the molecule is Nc1nc(N)c2[nH]c(=O)n(Cc3ccc(=O)[nH]c3)c2n1. The van der Waals surface area contributed by atoms with Gasteiger partial charge in [-0.25, -0.2) is 4.79 Å². The van der Waals surface area contributed by atoms with Crippen LogP contribution >= 0.6 is 0 Å². The zero-order valence-electron chi connectivity index (χ0n) is 10.3. The maximum atomic E-state index is 11.9. The highest BCUT2D eigenvalue weighted by Gasteiger charge is 2.13. The quantitative estimate of drug-likeness (QED) is 0.471. The Morgan fingerprint density at radius 1 is 1.20 bits per heavy atom. The molecule has 9 heteroatoms. The second-order valence-electron chi connectivity index (χ2n) is 4.24. The molecule has 3 aromatic heterocycles. The fourth-order valence-corrected chi connectivity index (χ4v) is 1.94. The van der Waals surface area contributed by atoms with Crippen molar-refractivity contribution in [1.82, 2.24) is 24.5 Å². The molecule has 0 radical (unpaired) electrons. The Morgan fingerprint density at radius 2 is 2.00 bits per heavy atom. The second kappa shape index (κ2) is 4.23. The molecule has 0 saturated heterocycles. The molecule has 0 aliphatic heterocycles. The van der Waals surface area contributed by atoms with Gasteiger partial charge < -0.3 is 21.4 Å². The number of fused-ring (bicyclic) bond motifs is 1. The number of rotatable bonds is 2. The van der Waals surface area contributed by atoms with E-state index in [9.17, 15) is 9.59 Å². The number of hydrogen-bond donors (Lipinski definition) is 4. The number of nitrogens with two attached hydrogens (primary N) is 2. The topological polar surface area (TPSA) is 148 Å². The van der Waals surface area contributed by atoms with Crippen LogP contribution in [0.25, 0.3) is 11.2 Å². The minimum Gasteiger partial charge on any atom is -0.382 e. The zero-order valence-corrected chi connectivity index (χ0v) is 10.3. The van der Waals surface area contributed by atoms with E-state index >= 15 is 0 Å². The van der Waals surface area contributed by atoms with Gasteiger partial charge in [0.1, 0.15) is 5.52 Å². The van der Waals surface area contributed by atoms with Gasteiger partial charge in [-0.15, -0.1) is 0 Å². The van der Waals surface area contributed by atoms with Crippen molar-refractivity contribution in [2.45, 2.75) is 6.54 Å². The summed E-state index contributed by atoms with van der Waals surface area (Å²) < 4.78 is 1.37. The maximum absolute atomic E-state index is 11.9. The van der Waals surface area contributed by atoms with Gasteiger partial charge in [0.2, 0.25) is 11.5 Å². The molecule has 0 aliphatic rings. The number of imidazole rings is 1. The maximum Gasteiger partial charge on any atom is 0.328 e. The number of nitrogen functional groups attached to an aromatic ring is 2. The molecule has 3 heterocycles. The van der Waals surface area contributed by atoms with Crippen molar-refractivity contribution in [2.75, 3.05) is 11.5 Å².